The van der Waals surface area contributed by atoms with E-state index in [1.165, 1.54) is 29.5 Å². The predicted molar refractivity (Wildman–Crippen MR) is 74.4 cm³/mol. The van der Waals surface area contributed by atoms with Crippen LogP contribution in [-0.4, -0.2) is 18.8 Å². The van der Waals surface area contributed by atoms with Crippen LogP contribution >= 0.6 is 9.24 Å². The van der Waals surface area contributed by atoms with E-state index in [2.05, 4.69) is 26.7 Å². The van der Waals surface area contributed by atoms with Crippen LogP contribution in [0.4, 0.5) is 4.79 Å². The van der Waals surface area contributed by atoms with E-state index in [0.717, 1.165) is 31.7 Å². The number of nitrogens with one attached hydrogen (secondary N) is 1. The smallest absolute Gasteiger partial charge is 0.234 e. The first-order valence-corrected chi connectivity index (χ1v) is 7.14. The quantitative estimate of drug-likeness (QED) is 0.851. The van der Waals surface area contributed by atoms with Crippen molar-refractivity contribution in [2.24, 2.45) is 0 Å². The number of hydrogen-bond acceptors (Lipinski definition) is 2. The van der Waals surface area contributed by atoms with Gasteiger partial charge < -0.3 is 10.1 Å². The lowest BCUT2D eigenvalue weighted by molar-refractivity contribution is 0.260. The van der Waals surface area contributed by atoms with Crippen molar-refractivity contribution in [3.63, 3.8) is 0 Å². The number of benzene rings is 1. The van der Waals surface area contributed by atoms with Gasteiger partial charge in [0.05, 0.1) is 6.61 Å². The first kappa shape index (κ1) is 12.0. The molecule has 2 aliphatic rings. The molecule has 1 amide bonds. The summed E-state index contributed by atoms with van der Waals surface area (Å²) >= 11 is 0. The van der Waals surface area contributed by atoms with Gasteiger partial charge in [0.2, 0.25) is 5.65 Å². The van der Waals surface area contributed by atoms with Gasteiger partial charge in [-0.25, -0.2) is 0 Å². The summed E-state index contributed by atoms with van der Waals surface area (Å²) in [4.78, 5) is 10.9. The van der Waals surface area contributed by atoms with Gasteiger partial charge in [-0.3, -0.25) is 4.79 Å². The third-order valence-corrected chi connectivity index (χ3v) is 4.18. The molecule has 3 rings (SSSR count). The fraction of sp³-hybridized carbons (Fsp3) is 0.500. The lowest BCUT2D eigenvalue weighted by Crippen LogP contribution is -2.19. The summed E-state index contributed by atoms with van der Waals surface area (Å²) in [6.45, 7) is 1.58. The predicted octanol–water partition coefficient (Wildman–Crippen LogP) is 2.63. The van der Waals surface area contributed by atoms with Crippen molar-refractivity contribution < 1.29 is 9.53 Å². The molecule has 0 saturated heterocycles. The zero-order valence-corrected chi connectivity index (χ0v) is 11.5. The van der Waals surface area contributed by atoms with Gasteiger partial charge in [-0.2, -0.15) is 0 Å². The third-order valence-electron chi connectivity index (χ3n) is 3.98. The molecule has 0 radical (unpaired) electrons. The molecule has 1 aromatic rings. The summed E-state index contributed by atoms with van der Waals surface area (Å²) in [5.74, 6) is 1.67. The highest BCUT2D eigenvalue weighted by atomic mass is 31.0. The highest BCUT2D eigenvalue weighted by Gasteiger charge is 2.28. The van der Waals surface area contributed by atoms with E-state index >= 15 is 0 Å². The molecule has 0 spiro atoms. The Bertz CT molecular complexity index is 487. The van der Waals surface area contributed by atoms with Gasteiger partial charge in [0, 0.05) is 18.5 Å². The molecule has 0 aromatic heterocycles. The minimum Gasteiger partial charge on any atom is -0.493 e. The van der Waals surface area contributed by atoms with Crippen LogP contribution < -0.4 is 10.1 Å². The Morgan fingerprint density at radius 3 is 3.17 bits per heavy atom. The molecule has 96 valence electrons. The van der Waals surface area contributed by atoms with Crippen molar-refractivity contribution in [3.8, 4) is 5.75 Å². The minimum absolute atomic E-state index is 0.0187. The Morgan fingerprint density at radius 1 is 1.44 bits per heavy atom. The molecule has 2 atom stereocenters. The fourth-order valence-electron chi connectivity index (χ4n) is 3.21. The van der Waals surface area contributed by atoms with E-state index in [-0.39, 0.29) is 5.65 Å². The largest absolute Gasteiger partial charge is 0.493 e. The van der Waals surface area contributed by atoms with Crippen LogP contribution in [0.3, 0.4) is 0 Å². The van der Waals surface area contributed by atoms with Crippen LogP contribution in [-0.2, 0) is 12.8 Å². The minimum atomic E-state index is -0.0187. The van der Waals surface area contributed by atoms with Crippen LogP contribution in [0.5, 0.6) is 5.75 Å². The van der Waals surface area contributed by atoms with Crippen molar-refractivity contribution in [2.45, 2.75) is 31.6 Å². The number of hydrogen-bond donors (Lipinski definition) is 1. The van der Waals surface area contributed by atoms with Gasteiger partial charge in [-0.15, -0.1) is 0 Å². The van der Waals surface area contributed by atoms with Gasteiger partial charge in [0.1, 0.15) is 5.75 Å². The normalized spacial score (nSPS) is 20.2. The van der Waals surface area contributed by atoms with Crippen molar-refractivity contribution in [1.29, 1.82) is 0 Å². The van der Waals surface area contributed by atoms with E-state index in [0.29, 0.717) is 5.92 Å². The molecule has 1 aliphatic carbocycles. The molecule has 1 heterocycles. The number of aryl methyl sites for hydroxylation is 1. The highest BCUT2D eigenvalue weighted by molar-refractivity contribution is 7.39. The van der Waals surface area contributed by atoms with E-state index in [9.17, 15) is 4.79 Å². The highest BCUT2D eigenvalue weighted by Crippen LogP contribution is 2.42. The third kappa shape index (κ3) is 2.12. The lowest BCUT2D eigenvalue weighted by Gasteiger charge is -2.14. The van der Waals surface area contributed by atoms with Crippen LogP contribution in [0, 0.1) is 0 Å². The lowest BCUT2D eigenvalue weighted by atomic mass is 9.92. The summed E-state index contributed by atoms with van der Waals surface area (Å²) < 4.78 is 5.64. The summed E-state index contributed by atoms with van der Waals surface area (Å²) in [5, 5.41) is 2.86. The summed E-state index contributed by atoms with van der Waals surface area (Å²) in [7, 11) is 2.16. The summed E-state index contributed by atoms with van der Waals surface area (Å²) in [6, 6.07) is 4.34. The summed E-state index contributed by atoms with van der Waals surface area (Å²) in [6.07, 6.45) is 4.45. The standard InChI is InChI=1S/C14H18NO2P/c16-14(18)15-7-5-10-2-1-9-3-4-12-11(13(9)10)6-8-17-12/h3-4,10H,1-2,5-8,18H2,(H,15,16). The summed E-state index contributed by atoms with van der Waals surface area (Å²) in [5.41, 5.74) is 4.41. The van der Waals surface area contributed by atoms with Gasteiger partial charge in [0.25, 0.3) is 0 Å². The topological polar surface area (TPSA) is 38.3 Å². The second-order valence-corrected chi connectivity index (χ2v) is 5.55. The van der Waals surface area contributed by atoms with Crippen LogP contribution in [0.25, 0.3) is 0 Å². The van der Waals surface area contributed by atoms with Gasteiger partial charge in [-0.1, -0.05) is 6.07 Å². The maximum Gasteiger partial charge on any atom is 0.234 e. The van der Waals surface area contributed by atoms with Gasteiger partial charge in [0.15, 0.2) is 0 Å². The molecule has 1 N–H and O–H groups in total. The van der Waals surface area contributed by atoms with Crippen LogP contribution in [0.2, 0.25) is 0 Å². The SMILES string of the molecule is O=C(P)NCCC1CCc2ccc3c(c21)CCO3. The molecule has 3 nitrogen and oxygen atoms in total. The monoisotopic (exact) mass is 263 g/mol. The fourth-order valence-corrected chi connectivity index (χ4v) is 3.35. The number of fused-ring (bicyclic) bond motifs is 3. The first-order chi connectivity index (χ1) is 8.75. The Labute approximate surface area is 109 Å². The molecular formula is C14H18NO2P. The number of carbonyl (C=O) groups is 1. The average Bonchev–Trinajstić information content (AvgIpc) is 2.93. The molecule has 18 heavy (non-hydrogen) atoms. The Kier molecular flexibility index (Phi) is 3.25. The Balaban J connectivity index is 1.78. The van der Waals surface area contributed by atoms with Crippen molar-refractivity contribution in [1.82, 2.24) is 5.32 Å². The number of carbonyl (C=O) groups excluding carboxylic acids is 1. The molecule has 0 fully saturated rings. The van der Waals surface area contributed by atoms with Crippen LogP contribution in [0.1, 0.15) is 35.4 Å². The number of rotatable bonds is 3. The molecule has 4 heteroatoms. The molecule has 1 aliphatic heterocycles. The van der Waals surface area contributed by atoms with Gasteiger partial charge in [-0.05, 0) is 51.6 Å². The Hall–Kier alpha value is -1.08. The van der Waals surface area contributed by atoms with Crippen LogP contribution in [0.15, 0.2) is 12.1 Å². The molecular weight excluding hydrogens is 245 g/mol. The number of ether oxygens (including phenoxy) is 1. The Morgan fingerprint density at radius 2 is 2.33 bits per heavy atom. The molecule has 1 aromatic carbocycles. The van der Waals surface area contributed by atoms with E-state index in [4.69, 9.17) is 4.74 Å². The zero-order chi connectivity index (χ0) is 12.5. The van der Waals surface area contributed by atoms with Crippen molar-refractivity contribution in [3.05, 3.63) is 28.8 Å². The number of amides is 1. The van der Waals surface area contributed by atoms with E-state index in [1.807, 2.05) is 0 Å². The van der Waals surface area contributed by atoms with Gasteiger partial charge >= 0.3 is 0 Å². The zero-order valence-electron chi connectivity index (χ0n) is 10.4. The molecule has 2 unspecified atom stereocenters. The second-order valence-electron chi connectivity index (χ2n) is 5.03. The van der Waals surface area contributed by atoms with E-state index in [1.54, 1.807) is 0 Å². The van der Waals surface area contributed by atoms with Crippen molar-refractivity contribution >= 4 is 14.9 Å². The van der Waals surface area contributed by atoms with E-state index < -0.39 is 0 Å². The molecule has 0 bridgehead atoms. The second kappa shape index (κ2) is 4.89. The maximum absolute atomic E-state index is 10.9. The maximum atomic E-state index is 10.9. The average molecular weight is 263 g/mol. The first-order valence-electron chi connectivity index (χ1n) is 6.56. The van der Waals surface area contributed by atoms with Crippen molar-refractivity contribution in [2.75, 3.05) is 13.2 Å². The molecule has 0 saturated carbocycles.